The van der Waals surface area contributed by atoms with Crippen LogP contribution in [0.1, 0.15) is 20.3 Å². The van der Waals surface area contributed by atoms with Gasteiger partial charge < -0.3 is 0 Å². The fourth-order valence-corrected chi connectivity index (χ4v) is 0.920. The van der Waals surface area contributed by atoms with E-state index in [2.05, 4.69) is 32.6 Å². The quantitative estimate of drug-likeness (QED) is 0.461. The maximum Gasteiger partial charge on any atom is -0.00700 e. The number of hydrogen-bond acceptors (Lipinski definition) is 0. The van der Waals surface area contributed by atoms with Crippen molar-refractivity contribution in [3.05, 3.63) is 35.5 Å². The minimum Gasteiger partial charge on any atom is -0.0952 e. The zero-order valence-electron chi connectivity index (χ0n) is 6.07. The Morgan fingerprint density at radius 1 is 1.33 bits per heavy atom. The van der Waals surface area contributed by atoms with Gasteiger partial charge in [0.15, 0.2) is 0 Å². The minimum atomic E-state index is 1.06. The van der Waals surface area contributed by atoms with E-state index in [0.29, 0.717) is 0 Å². The fourth-order valence-electron chi connectivity index (χ4n) is 0.920. The maximum absolute atomic E-state index is 3.94. The Balaban J connectivity index is 2.86. The highest BCUT2D eigenvalue weighted by atomic mass is 14.1. The Hall–Kier alpha value is -0.780. The van der Waals surface area contributed by atoms with E-state index in [0.717, 1.165) is 6.42 Å². The second-order valence-corrected chi connectivity index (χ2v) is 2.64. The Labute approximate surface area is 56.6 Å². The summed E-state index contributed by atoms with van der Waals surface area (Å²) in [5.41, 5.74) is 3.99. The molecule has 0 fully saturated rings. The largest absolute Gasteiger partial charge is 0.0952 e. The monoisotopic (exact) mass is 120 g/mol. The van der Waals surface area contributed by atoms with Crippen LogP contribution in [0.4, 0.5) is 0 Å². The van der Waals surface area contributed by atoms with Gasteiger partial charge >= 0.3 is 0 Å². The van der Waals surface area contributed by atoms with E-state index >= 15 is 0 Å². The molecule has 0 unspecified atom stereocenters. The molecule has 0 nitrogen and oxygen atoms in total. The van der Waals surface area contributed by atoms with Crippen LogP contribution in [0.3, 0.4) is 0 Å². The van der Waals surface area contributed by atoms with Crippen molar-refractivity contribution >= 4 is 0 Å². The SMILES string of the molecule is C=C1CC(C)=CC=C1C. The predicted molar refractivity (Wildman–Crippen MR) is 41.3 cm³/mol. The normalized spacial score (nSPS) is 19.1. The smallest absolute Gasteiger partial charge is 0.00700 e. The van der Waals surface area contributed by atoms with Crippen molar-refractivity contribution in [3.63, 3.8) is 0 Å². The van der Waals surface area contributed by atoms with Gasteiger partial charge in [-0.1, -0.05) is 24.3 Å². The van der Waals surface area contributed by atoms with Gasteiger partial charge in [0, 0.05) is 0 Å². The molecule has 0 saturated carbocycles. The summed E-state index contributed by atoms with van der Waals surface area (Å²) < 4.78 is 0. The van der Waals surface area contributed by atoms with E-state index in [1.54, 1.807) is 0 Å². The second-order valence-electron chi connectivity index (χ2n) is 2.64. The molecule has 0 radical (unpaired) electrons. The molecule has 9 heavy (non-hydrogen) atoms. The standard InChI is InChI=1S/C9H12/c1-7-4-5-8(2)9(3)6-7/h4-5H,3,6H2,1-2H3. The molecule has 0 atom stereocenters. The third-order valence-corrected chi connectivity index (χ3v) is 1.67. The van der Waals surface area contributed by atoms with Crippen molar-refractivity contribution in [2.75, 3.05) is 0 Å². The van der Waals surface area contributed by atoms with Gasteiger partial charge in [-0.3, -0.25) is 0 Å². The van der Waals surface area contributed by atoms with Gasteiger partial charge in [0.05, 0.1) is 0 Å². The van der Waals surface area contributed by atoms with E-state index in [1.807, 2.05) is 0 Å². The lowest BCUT2D eigenvalue weighted by molar-refractivity contribution is 1.09. The van der Waals surface area contributed by atoms with Crippen LogP contribution in [-0.4, -0.2) is 0 Å². The lowest BCUT2D eigenvalue weighted by Crippen LogP contribution is -1.90. The molecule has 0 aromatic heterocycles. The van der Waals surface area contributed by atoms with Gasteiger partial charge in [0.1, 0.15) is 0 Å². The molecule has 1 aliphatic carbocycles. The van der Waals surface area contributed by atoms with Crippen LogP contribution in [0.2, 0.25) is 0 Å². The molecule has 1 aliphatic rings. The molecule has 0 aromatic carbocycles. The summed E-state index contributed by atoms with van der Waals surface area (Å²) in [6.07, 6.45) is 5.34. The third kappa shape index (κ3) is 1.32. The molecule has 0 heteroatoms. The Bertz CT molecular complexity index is 192. The van der Waals surface area contributed by atoms with Crippen molar-refractivity contribution in [3.8, 4) is 0 Å². The number of hydrogen-bond donors (Lipinski definition) is 0. The van der Waals surface area contributed by atoms with Crippen LogP contribution < -0.4 is 0 Å². The lowest BCUT2D eigenvalue weighted by Gasteiger charge is -2.10. The first kappa shape index (κ1) is 6.34. The highest BCUT2D eigenvalue weighted by Crippen LogP contribution is 2.21. The first-order chi connectivity index (χ1) is 4.20. The predicted octanol–water partition coefficient (Wildman–Crippen LogP) is 2.84. The average Bonchev–Trinajstić information content (AvgIpc) is 1.80. The Morgan fingerprint density at radius 3 is 2.44 bits per heavy atom. The highest BCUT2D eigenvalue weighted by Gasteiger charge is 2.01. The molecular formula is C9H12. The zero-order valence-corrected chi connectivity index (χ0v) is 6.07. The average molecular weight is 120 g/mol. The molecule has 0 aromatic rings. The molecular weight excluding hydrogens is 108 g/mol. The van der Waals surface area contributed by atoms with Gasteiger partial charge in [-0.25, -0.2) is 0 Å². The molecule has 0 amide bonds. The molecule has 0 saturated heterocycles. The van der Waals surface area contributed by atoms with E-state index in [1.165, 1.54) is 16.7 Å². The summed E-state index contributed by atoms with van der Waals surface area (Å²) in [5.74, 6) is 0. The van der Waals surface area contributed by atoms with Crippen LogP contribution in [0.5, 0.6) is 0 Å². The maximum atomic E-state index is 3.94. The summed E-state index contributed by atoms with van der Waals surface area (Å²) in [7, 11) is 0. The van der Waals surface area contributed by atoms with E-state index in [4.69, 9.17) is 0 Å². The van der Waals surface area contributed by atoms with Crippen LogP contribution in [0.15, 0.2) is 35.5 Å². The summed E-state index contributed by atoms with van der Waals surface area (Å²) in [5, 5.41) is 0. The van der Waals surface area contributed by atoms with Crippen LogP contribution in [0.25, 0.3) is 0 Å². The van der Waals surface area contributed by atoms with Crippen LogP contribution >= 0.6 is 0 Å². The van der Waals surface area contributed by atoms with Gasteiger partial charge in [0.2, 0.25) is 0 Å². The number of rotatable bonds is 0. The van der Waals surface area contributed by atoms with Gasteiger partial charge in [-0.2, -0.15) is 0 Å². The summed E-state index contributed by atoms with van der Waals surface area (Å²) in [6.45, 7) is 8.17. The number of allylic oxidation sites excluding steroid dienone is 5. The molecule has 0 heterocycles. The van der Waals surface area contributed by atoms with E-state index < -0.39 is 0 Å². The van der Waals surface area contributed by atoms with Crippen molar-refractivity contribution in [1.82, 2.24) is 0 Å². The van der Waals surface area contributed by atoms with Crippen LogP contribution in [0, 0.1) is 0 Å². The minimum absolute atomic E-state index is 1.06. The van der Waals surface area contributed by atoms with Crippen molar-refractivity contribution in [1.29, 1.82) is 0 Å². The Morgan fingerprint density at radius 2 is 2.00 bits per heavy atom. The molecule has 0 bridgehead atoms. The highest BCUT2D eigenvalue weighted by molar-refractivity contribution is 5.38. The van der Waals surface area contributed by atoms with Crippen molar-refractivity contribution < 1.29 is 0 Å². The lowest BCUT2D eigenvalue weighted by atomic mass is 9.96. The molecule has 0 aliphatic heterocycles. The summed E-state index contributed by atoms with van der Waals surface area (Å²) in [4.78, 5) is 0. The molecule has 0 spiro atoms. The molecule has 0 N–H and O–H groups in total. The molecule has 1 rings (SSSR count). The first-order valence-electron chi connectivity index (χ1n) is 3.22. The molecule has 48 valence electrons. The van der Waals surface area contributed by atoms with Crippen molar-refractivity contribution in [2.24, 2.45) is 0 Å². The van der Waals surface area contributed by atoms with Gasteiger partial charge in [-0.15, -0.1) is 0 Å². The van der Waals surface area contributed by atoms with Gasteiger partial charge in [0.25, 0.3) is 0 Å². The van der Waals surface area contributed by atoms with Crippen LogP contribution in [-0.2, 0) is 0 Å². The summed E-state index contributed by atoms with van der Waals surface area (Å²) >= 11 is 0. The zero-order chi connectivity index (χ0) is 6.85. The van der Waals surface area contributed by atoms with E-state index in [-0.39, 0.29) is 0 Å². The fraction of sp³-hybridized carbons (Fsp3) is 0.333. The van der Waals surface area contributed by atoms with Gasteiger partial charge in [-0.05, 0) is 31.4 Å². The topological polar surface area (TPSA) is 0 Å². The third-order valence-electron chi connectivity index (χ3n) is 1.67. The second kappa shape index (κ2) is 2.22. The Kier molecular flexibility index (Phi) is 1.56. The van der Waals surface area contributed by atoms with E-state index in [9.17, 15) is 0 Å². The summed E-state index contributed by atoms with van der Waals surface area (Å²) in [6, 6.07) is 0. The first-order valence-corrected chi connectivity index (χ1v) is 3.22. The van der Waals surface area contributed by atoms with Crippen molar-refractivity contribution in [2.45, 2.75) is 20.3 Å².